The predicted octanol–water partition coefficient (Wildman–Crippen LogP) is 2.84. The second kappa shape index (κ2) is 4.29. The van der Waals surface area contributed by atoms with Gasteiger partial charge in [-0.25, -0.2) is 4.79 Å². The Morgan fingerprint density at radius 2 is 2.00 bits per heavy atom. The summed E-state index contributed by atoms with van der Waals surface area (Å²) in [6, 6.07) is 0. The van der Waals surface area contributed by atoms with Crippen LogP contribution in [-0.4, -0.2) is 11.1 Å². The Kier molecular flexibility index (Phi) is 4.01. The maximum atomic E-state index is 10.8. The molecule has 12 heavy (non-hydrogen) atoms. The minimum atomic E-state index is -0.795. The SMILES string of the molecule is CC=C(C(=O)O)C(C)(C)CCC. The van der Waals surface area contributed by atoms with Crippen LogP contribution < -0.4 is 0 Å². The van der Waals surface area contributed by atoms with E-state index < -0.39 is 5.97 Å². The van der Waals surface area contributed by atoms with Gasteiger partial charge < -0.3 is 5.11 Å². The van der Waals surface area contributed by atoms with Gasteiger partial charge in [-0.15, -0.1) is 0 Å². The van der Waals surface area contributed by atoms with Gasteiger partial charge in [0.15, 0.2) is 0 Å². The fraction of sp³-hybridized carbons (Fsp3) is 0.700. The van der Waals surface area contributed by atoms with Crippen molar-refractivity contribution in [2.45, 2.75) is 40.5 Å². The Hall–Kier alpha value is -0.790. The Morgan fingerprint density at radius 1 is 1.50 bits per heavy atom. The third-order valence-corrected chi connectivity index (χ3v) is 2.12. The monoisotopic (exact) mass is 170 g/mol. The highest BCUT2D eigenvalue weighted by atomic mass is 16.4. The summed E-state index contributed by atoms with van der Waals surface area (Å²) in [5, 5.41) is 8.87. The first-order valence-electron chi connectivity index (χ1n) is 4.35. The summed E-state index contributed by atoms with van der Waals surface area (Å²) < 4.78 is 0. The maximum absolute atomic E-state index is 10.8. The van der Waals surface area contributed by atoms with E-state index >= 15 is 0 Å². The molecule has 0 fully saturated rings. The quantitative estimate of drug-likeness (QED) is 0.659. The third kappa shape index (κ3) is 2.68. The fourth-order valence-electron chi connectivity index (χ4n) is 1.56. The average molecular weight is 170 g/mol. The van der Waals surface area contributed by atoms with E-state index in [1.54, 1.807) is 13.0 Å². The van der Waals surface area contributed by atoms with Crippen LogP contribution in [0.1, 0.15) is 40.5 Å². The number of carboxylic acids is 1. The van der Waals surface area contributed by atoms with E-state index in [4.69, 9.17) is 5.11 Å². The number of hydrogen-bond acceptors (Lipinski definition) is 1. The van der Waals surface area contributed by atoms with Crippen LogP contribution in [0.2, 0.25) is 0 Å². The van der Waals surface area contributed by atoms with Crippen molar-refractivity contribution in [3.63, 3.8) is 0 Å². The zero-order chi connectivity index (χ0) is 9.78. The van der Waals surface area contributed by atoms with Gasteiger partial charge in [0.2, 0.25) is 0 Å². The zero-order valence-electron chi connectivity index (χ0n) is 8.35. The molecule has 0 bridgehead atoms. The maximum Gasteiger partial charge on any atom is 0.331 e. The van der Waals surface area contributed by atoms with E-state index in [9.17, 15) is 4.79 Å². The van der Waals surface area contributed by atoms with Crippen LogP contribution >= 0.6 is 0 Å². The van der Waals surface area contributed by atoms with Gasteiger partial charge in [-0.3, -0.25) is 0 Å². The smallest absolute Gasteiger partial charge is 0.331 e. The summed E-state index contributed by atoms with van der Waals surface area (Å²) in [6.45, 7) is 7.79. The lowest BCUT2D eigenvalue weighted by atomic mass is 9.80. The number of hydrogen-bond donors (Lipinski definition) is 1. The molecule has 70 valence electrons. The van der Waals surface area contributed by atoms with E-state index in [0.29, 0.717) is 5.57 Å². The molecule has 0 aromatic heterocycles. The summed E-state index contributed by atoms with van der Waals surface area (Å²) >= 11 is 0. The summed E-state index contributed by atoms with van der Waals surface area (Å²) in [5.41, 5.74) is 0.319. The lowest BCUT2D eigenvalue weighted by Gasteiger charge is -2.24. The third-order valence-electron chi connectivity index (χ3n) is 2.12. The summed E-state index contributed by atoms with van der Waals surface area (Å²) in [5.74, 6) is -0.795. The van der Waals surface area contributed by atoms with Crippen molar-refractivity contribution in [1.29, 1.82) is 0 Å². The van der Waals surface area contributed by atoms with Crippen LogP contribution in [0.3, 0.4) is 0 Å². The standard InChI is InChI=1S/C10H18O2/c1-5-7-10(3,4)8(6-2)9(11)12/h6H,5,7H2,1-4H3,(H,11,12). The molecule has 0 spiro atoms. The molecular weight excluding hydrogens is 152 g/mol. The Balaban J connectivity index is 4.61. The minimum Gasteiger partial charge on any atom is -0.478 e. The number of aliphatic carboxylic acids is 1. The van der Waals surface area contributed by atoms with Crippen LogP contribution in [0.4, 0.5) is 0 Å². The molecular formula is C10H18O2. The van der Waals surface area contributed by atoms with Gasteiger partial charge in [0.25, 0.3) is 0 Å². The van der Waals surface area contributed by atoms with Crippen molar-refractivity contribution in [1.82, 2.24) is 0 Å². The number of carbonyl (C=O) groups is 1. The number of carboxylic acid groups (broad SMARTS) is 1. The van der Waals surface area contributed by atoms with E-state index in [2.05, 4.69) is 6.92 Å². The first-order chi connectivity index (χ1) is 5.45. The van der Waals surface area contributed by atoms with Crippen LogP contribution in [0, 0.1) is 5.41 Å². The molecule has 2 heteroatoms. The fourth-order valence-corrected chi connectivity index (χ4v) is 1.56. The predicted molar refractivity (Wildman–Crippen MR) is 50.1 cm³/mol. The van der Waals surface area contributed by atoms with Crippen molar-refractivity contribution in [2.75, 3.05) is 0 Å². The molecule has 0 aromatic carbocycles. The molecule has 0 heterocycles. The second-order valence-corrected chi connectivity index (χ2v) is 3.64. The first-order valence-corrected chi connectivity index (χ1v) is 4.35. The largest absolute Gasteiger partial charge is 0.478 e. The number of allylic oxidation sites excluding steroid dienone is 1. The molecule has 0 unspecified atom stereocenters. The van der Waals surface area contributed by atoms with Crippen molar-refractivity contribution in [2.24, 2.45) is 5.41 Å². The van der Waals surface area contributed by atoms with Gasteiger partial charge in [0.1, 0.15) is 0 Å². The molecule has 0 aliphatic carbocycles. The topological polar surface area (TPSA) is 37.3 Å². The highest BCUT2D eigenvalue weighted by molar-refractivity contribution is 5.87. The van der Waals surface area contributed by atoms with Gasteiger partial charge in [-0.2, -0.15) is 0 Å². The van der Waals surface area contributed by atoms with Gasteiger partial charge in [0, 0.05) is 5.57 Å². The van der Waals surface area contributed by atoms with Gasteiger partial charge >= 0.3 is 5.97 Å². The van der Waals surface area contributed by atoms with Crippen LogP contribution in [0.25, 0.3) is 0 Å². The summed E-state index contributed by atoms with van der Waals surface area (Å²) in [4.78, 5) is 10.8. The molecule has 0 aromatic rings. The van der Waals surface area contributed by atoms with Crippen molar-refractivity contribution in [3.05, 3.63) is 11.6 Å². The highest BCUT2D eigenvalue weighted by Gasteiger charge is 2.26. The van der Waals surface area contributed by atoms with Crippen LogP contribution in [0.15, 0.2) is 11.6 Å². The Morgan fingerprint density at radius 3 is 2.25 bits per heavy atom. The van der Waals surface area contributed by atoms with E-state index in [1.165, 1.54) is 0 Å². The van der Waals surface area contributed by atoms with Gasteiger partial charge in [-0.1, -0.05) is 33.3 Å². The second-order valence-electron chi connectivity index (χ2n) is 3.64. The first kappa shape index (κ1) is 11.2. The normalized spacial score (nSPS) is 13.2. The summed E-state index contributed by atoms with van der Waals surface area (Å²) in [7, 11) is 0. The van der Waals surface area contributed by atoms with Crippen molar-refractivity contribution >= 4 is 5.97 Å². The highest BCUT2D eigenvalue weighted by Crippen LogP contribution is 2.31. The molecule has 2 nitrogen and oxygen atoms in total. The van der Waals surface area contributed by atoms with Crippen molar-refractivity contribution < 1.29 is 9.90 Å². The molecule has 0 atom stereocenters. The lowest BCUT2D eigenvalue weighted by molar-refractivity contribution is -0.133. The molecule has 0 radical (unpaired) electrons. The van der Waals surface area contributed by atoms with Crippen LogP contribution in [-0.2, 0) is 4.79 Å². The summed E-state index contributed by atoms with van der Waals surface area (Å²) in [6.07, 6.45) is 3.62. The molecule has 1 N–H and O–H groups in total. The van der Waals surface area contributed by atoms with E-state index in [0.717, 1.165) is 12.8 Å². The Labute approximate surface area is 74.3 Å². The average Bonchev–Trinajstić information content (AvgIpc) is 1.86. The lowest BCUT2D eigenvalue weighted by Crippen LogP contribution is -2.20. The molecule has 0 saturated carbocycles. The van der Waals surface area contributed by atoms with E-state index in [1.807, 2.05) is 13.8 Å². The van der Waals surface area contributed by atoms with Crippen LogP contribution in [0.5, 0.6) is 0 Å². The van der Waals surface area contributed by atoms with Crippen molar-refractivity contribution in [3.8, 4) is 0 Å². The molecule has 0 aliphatic rings. The Bertz CT molecular complexity index is 190. The van der Waals surface area contributed by atoms with Gasteiger partial charge in [-0.05, 0) is 18.8 Å². The molecule has 0 saturated heterocycles. The zero-order valence-corrected chi connectivity index (χ0v) is 8.35. The molecule has 0 rings (SSSR count). The number of rotatable bonds is 4. The van der Waals surface area contributed by atoms with E-state index in [-0.39, 0.29) is 5.41 Å². The van der Waals surface area contributed by atoms with Gasteiger partial charge in [0.05, 0.1) is 0 Å². The molecule has 0 amide bonds. The molecule has 0 aliphatic heterocycles. The minimum absolute atomic E-state index is 0.199.